The van der Waals surface area contributed by atoms with Gasteiger partial charge in [-0.2, -0.15) is 0 Å². The predicted molar refractivity (Wildman–Crippen MR) is 128 cm³/mol. The zero-order chi connectivity index (χ0) is 22.8. The normalized spacial score (nSPS) is 21.8. The number of hydrogen-bond donors (Lipinski definition) is 1. The Labute approximate surface area is 196 Å². The van der Waals surface area contributed by atoms with Gasteiger partial charge in [0.05, 0.1) is 31.2 Å². The van der Waals surface area contributed by atoms with Crippen molar-refractivity contribution in [1.29, 1.82) is 0 Å². The van der Waals surface area contributed by atoms with E-state index in [4.69, 9.17) is 30.5 Å². The van der Waals surface area contributed by atoms with Crippen LogP contribution in [0, 0.1) is 0 Å². The summed E-state index contributed by atoms with van der Waals surface area (Å²) in [5.74, 6) is 1.12. The van der Waals surface area contributed by atoms with E-state index in [2.05, 4.69) is 28.5 Å². The van der Waals surface area contributed by atoms with Crippen LogP contribution < -0.4 is 10.1 Å². The van der Waals surface area contributed by atoms with Crippen LogP contribution >= 0.6 is 11.6 Å². The van der Waals surface area contributed by atoms with Gasteiger partial charge >= 0.3 is 0 Å². The molecular weight excluding hydrogens is 428 g/mol. The Morgan fingerprint density at radius 3 is 2.69 bits per heavy atom. The molecule has 1 aliphatic carbocycles. The lowest BCUT2D eigenvalue weighted by atomic mass is 9.81. The van der Waals surface area contributed by atoms with Crippen molar-refractivity contribution in [3.8, 4) is 5.75 Å². The summed E-state index contributed by atoms with van der Waals surface area (Å²) in [6.45, 7) is 6.14. The topological polar surface area (TPSA) is 61.8 Å². The second-order valence-corrected chi connectivity index (χ2v) is 8.59. The molecule has 4 atom stereocenters. The van der Waals surface area contributed by atoms with Gasteiger partial charge < -0.3 is 24.3 Å². The SMILES string of the molecule is CCOCCOC(C)Oc1ccc(C2CCC(Nc3cccnc3COC)CC2Cl)cc1. The lowest BCUT2D eigenvalue weighted by molar-refractivity contribution is -0.0825. The van der Waals surface area contributed by atoms with Gasteiger partial charge in [0.1, 0.15) is 5.75 Å². The van der Waals surface area contributed by atoms with E-state index in [1.54, 1.807) is 13.3 Å². The van der Waals surface area contributed by atoms with Gasteiger partial charge in [0, 0.05) is 37.3 Å². The van der Waals surface area contributed by atoms with Crippen LogP contribution in [0.5, 0.6) is 5.75 Å². The monoisotopic (exact) mass is 462 g/mol. The van der Waals surface area contributed by atoms with Gasteiger partial charge in [0.15, 0.2) is 6.29 Å². The Bertz CT molecular complexity index is 805. The van der Waals surface area contributed by atoms with Crippen molar-refractivity contribution in [3.63, 3.8) is 0 Å². The van der Waals surface area contributed by atoms with Gasteiger partial charge in [-0.1, -0.05) is 12.1 Å². The largest absolute Gasteiger partial charge is 0.465 e. The Morgan fingerprint density at radius 1 is 1.16 bits per heavy atom. The molecule has 1 fully saturated rings. The first-order chi connectivity index (χ1) is 15.6. The third kappa shape index (κ3) is 7.34. The average molecular weight is 463 g/mol. The van der Waals surface area contributed by atoms with Crippen LogP contribution in [0.2, 0.25) is 0 Å². The van der Waals surface area contributed by atoms with Crippen LogP contribution in [0.25, 0.3) is 0 Å². The van der Waals surface area contributed by atoms with E-state index in [1.165, 1.54) is 5.56 Å². The lowest BCUT2D eigenvalue weighted by Gasteiger charge is -2.34. The molecule has 1 saturated carbocycles. The predicted octanol–water partition coefficient (Wildman–Crippen LogP) is 5.36. The molecule has 1 heterocycles. The highest BCUT2D eigenvalue weighted by atomic mass is 35.5. The number of nitrogens with zero attached hydrogens (tertiary/aromatic N) is 1. The van der Waals surface area contributed by atoms with Crippen LogP contribution in [0.15, 0.2) is 42.6 Å². The van der Waals surface area contributed by atoms with E-state index >= 15 is 0 Å². The summed E-state index contributed by atoms with van der Waals surface area (Å²) in [5, 5.41) is 3.69. The highest BCUT2D eigenvalue weighted by molar-refractivity contribution is 6.21. The fraction of sp³-hybridized carbons (Fsp3) is 0.560. The number of methoxy groups -OCH3 is 1. The molecule has 2 aromatic rings. The molecule has 1 aromatic carbocycles. The molecule has 0 saturated heterocycles. The summed E-state index contributed by atoms with van der Waals surface area (Å²) in [5.41, 5.74) is 3.21. The van der Waals surface area contributed by atoms with Crippen molar-refractivity contribution in [2.24, 2.45) is 0 Å². The number of anilines is 1. The number of benzene rings is 1. The van der Waals surface area contributed by atoms with E-state index in [0.29, 0.717) is 38.4 Å². The molecule has 4 unspecified atom stereocenters. The maximum Gasteiger partial charge on any atom is 0.197 e. The molecule has 0 bridgehead atoms. The first kappa shape index (κ1) is 24.8. The average Bonchev–Trinajstić information content (AvgIpc) is 2.79. The van der Waals surface area contributed by atoms with Gasteiger partial charge in [-0.25, -0.2) is 0 Å². The fourth-order valence-electron chi connectivity index (χ4n) is 4.10. The number of halogens is 1. The molecular formula is C25H35ClN2O4. The molecule has 1 N–H and O–H groups in total. The quantitative estimate of drug-likeness (QED) is 0.260. The Hall–Kier alpha value is -1.86. The van der Waals surface area contributed by atoms with Crippen molar-refractivity contribution in [2.75, 3.05) is 32.2 Å². The molecule has 0 aliphatic heterocycles. The molecule has 0 spiro atoms. The highest BCUT2D eigenvalue weighted by Gasteiger charge is 2.30. The molecule has 32 heavy (non-hydrogen) atoms. The van der Waals surface area contributed by atoms with Crippen LogP contribution in [-0.4, -0.2) is 49.6 Å². The number of hydrogen-bond acceptors (Lipinski definition) is 6. The van der Waals surface area contributed by atoms with E-state index in [0.717, 1.165) is 36.4 Å². The Kier molecular flexibility index (Phi) is 10.1. The van der Waals surface area contributed by atoms with Crippen LogP contribution in [0.3, 0.4) is 0 Å². The minimum Gasteiger partial charge on any atom is -0.465 e. The van der Waals surface area contributed by atoms with Gasteiger partial charge in [-0.05, 0) is 62.9 Å². The molecule has 0 radical (unpaired) electrons. The molecule has 6 nitrogen and oxygen atoms in total. The van der Waals surface area contributed by atoms with Crippen molar-refractivity contribution < 1.29 is 18.9 Å². The second kappa shape index (κ2) is 13.0. The summed E-state index contributed by atoms with van der Waals surface area (Å²) < 4.78 is 22.0. The molecule has 3 rings (SSSR count). The number of pyridine rings is 1. The molecule has 176 valence electrons. The number of rotatable bonds is 12. The smallest absolute Gasteiger partial charge is 0.197 e. The summed E-state index contributed by atoms with van der Waals surface area (Å²) in [4.78, 5) is 4.42. The van der Waals surface area contributed by atoms with Crippen molar-refractivity contribution >= 4 is 17.3 Å². The Balaban J connectivity index is 1.50. The molecule has 1 aliphatic rings. The van der Waals surface area contributed by atoms with Gasteiger partial charge in [-0.3, -0.25) is 4.98 Å². The van der Waals surface area contributed by atoms with E-state index in [-0.39, 0.29) is 11.7 Å². The highest BCUT2D eigenvalue weighted by Crippen LogP contribution is 2.38. The van der Waals surface area contributed by atoms with E-state index in [9.17, 15) is 0 Å². The number of aromatic nitrogens is 1. The summed E-state index contributed by atoms with van der Waals surface area (Å²) in [7, 11) is 1.69. The zero-order valence-corrected chi connectivity index (χ0v) is 20.0. The second-order valence-electron chi connectivity index (χ2n) is 8.03. The fourth-order valence-corrected chi connectivity index (χ4v) is 4.59. The third-order valence-corrected chi connectivity index (χ3v) is 6.18. The maximum absolute atomic E-state index is 6.84. The molecule has 7 heteroatoms. The maximum atomic E-state index is 6.84. The first-order valence-corrected chi connectivity index (χ1v) is 11.8. The van der Waals surface area contributed by atoms with Crippen molar-refractivity contribution in [1.82, 2.24) is 4.98 Å². The summed E-state index contributed by atoms with van der Waals surface area (Å²) >= 11 is 6.84. The first-order valence-electron chi connectivity index (χ1n) is 11.4. The van der Waals surface area contributed by atoms with Gasteiger partial charge in [0.25, 0.3) is 0 Å². The van der Waals surface area contributed by atoms with E-state index < -0.39 is 0 Å². The number of nitrogens with one attached hydrogen (secondary N) is 1. The lowest BCUT2D eigenvalue weighted by Crippen LogP contribution is -2.32. The minimum atomic E-state index is -0.320. The number of ether oxygens (including phenoxy) is 4. The zero-order valence-electron chi connectivity index (χ0n) is 19.3. The van der Waals surface area contributed by atoms with E-state index in [1.807, 2.05) is 32.0 Å². The minimum absolute atomic E-state index is 0.0661. The van der Waals surface area contributed by atoms with Crippen LogP contribution in [-0.2, 0) is 20.8 Å². The number of alkyl halides is 1. The summed E-state index contributed by atoms with van der Waals surface area (Å²) in [6, 6.07) is 12.6. The summed E-state index contributed by atoms with van der Waals surface area (Å²) in [6.07, 6.45) is 4.46. The standard InChI is InChI=1S/C25H35ClN2O4/c1-4-30-14-15-31-18(2)32-21-10-7-19(8-11-21)22-12-9-20(16-23(22)26)28-24-6-5-13-27-25(24)17-29-3/h5-8,10-11,13,18,20,22-23,28H,4,9,12,14-17H2,1-3H3. The van der Waals surface area contributed by atoms with Gasteiger partial charge in [0.2, 0.25) is 0 Å². The van der Waals surface area contributed by atoms with Crippen molar-refractivity contribution in [3.05, 3.63) is 53.9 Å². The molecule has 1 aromatic heterocycles. The van der Waals surface area contributed by atoms with Crippen LogP contribution in [0.4, 0.5) is 5.69 Å². The molecule has 0 amide bonds. The Morgan fingerprint density at radius 2 is 1.97 bits per heavy atom. The third-order valence-electron chi connectivity index (χ3n) is 5.70. The van der Waals surface area contributed by atoms with Crippen LogP contribution in [0.1, 0.15) is 50.3 Å². The van der Waals surface area contributed by atoms with Gasteiger partial charge in [-0.15, -0.1) is 11.6 Å². The van der Waals surface area contributed by atoms with Crippen molar-refractivity contribution in [2.45, 2.75) is 63.3 Å².